The number of cyclic esters (lactones) is 1. The maximum atomic E-state index is 12.1. The average Bonchev–Trinajstić information content (AvgIpc) is 3.19. The first-order valence-corrected chi connectivity index (χ1v) is 8.44. The Morgan fingerprint density at radius 2 is 2.43 bits per heavy atom. The Bertz CT molecular complexity index is 539. The van der Waals surface area contributed by atoms with Crippen LogP contribution in [0.3, 0.4) is 0 Å². The van der Waals surface area contributed by atoms with Gasteiger partial charge in [-0.25, -0.2) is 9.78 Å². The number of hydrogen-bond donors (Lipinski definition) is 1. The number of nitrogens with zero attached hydrogens (tertiary/aromatic N) is 2. The van der Waals surface area contributed by atoms with Crippen LogP contribution < -0.4 is 5.32 Å². The van der Waals surface area contributed by atoms with Gasteiger partial charge < -0.3 is 19.5 Å². The van der Waals surface area contributed by atoms with E-state index in [4.69, 9.17) is 14.2 Å². The monoisotopic (exact) mass is 341 g/mol. The number of rotatable bonds is 6. The Morgan fingerprint density at radius 3 is 3.17 bits per heavy atom. The minimum Gasteiger partial charge on any atom is -0.448 e. The van der Waals surface area contributed by atoms with Crippen LogP contribution in [0, 0.1) is 0 Å². The first-order chi connectivity index (χ1) is 11.2. The van der Waals surface area contributed by atoms with Crippen molar-refractivity contribution in [2.75, 3.05) is 32.9 Å². The lowest BCUT2D eigenvalue weighted by Gasteiger charge is -2.32. The number of ether oxygens (including phenoxy) is 3. The quantitative estimate of drug-likeness (QED) is 0.805. The van der Waals surface area contributed by atoms with E-state index in [0.717, 1.165) is 5.69 Å². The first-order valence-electron chi connectivity index (χ1n) is 7.50. The van der Waals surface area contributed by atoms with E-state index in [1.165, 1.54) is 16.2 Å². The molecule has 0 spiro atoms. The Hall–Kier alpha value is -1.71. The molecule has 2 atom stereocenters. The van der Waals surface area contributed by atoms with Crippen LogP contribution >= 0.6 is 11.3 Å². The summed E-state index contributed by atoms with van der Waals surface area (Å²) < 4.78 is 16.1. The van der Waals surface area contributed by atoms with Crippen LogP contribution in [0.2, 0.25) is 0 Å². The van der Waals surface area contributed by atoms with Crippen molar-refractivity contribution in [2.24, 2.45) is 0 Å². The van der Waals surface area contributed by atoms with Crippen molar-refractivity contribution in [2.45, 2.75) is 25.2 Å². The van der Waals surface area contributed by atoms with Gasteiger partial charge in [0.05, 0.1) is 37.0 Å². The van der Waals surface area contributed by atoms with Gasteiger partial charge in [0.15, 0.2) is 0 Å². The second kappa shape index (κ2) is 7.71. The Morgan fingerprint density at radius 1 is 1.52 bits per heavy atom. The number of nitrogens with one attached hydrogen (secondary N) is 1. The number of carbonyl (C=O) groups excluding carboxylic acids is 2. The van der Waals surface area contributed by atoms with Gasteiger partial charge in [-0.3, -0.25) is 9.69 Å². The molecule has 3 heterocycles. The Balaban J connectivity index is 1.49. The van der Waals surface area contributed by atoms with Crippen LogP contribution in [0.5, 0.6) is 0 Å². The molecule has 2 fully saturated rings. The summed E-state index contributed by atoms with van der Waals surface area (Å²) in [5, 5.41) is 4.86. The SMILES string of the molecule is O=C(CN1CCOC1=O)N[C@@H]1CCOC[C@H]1OCc1cscn1. The van der Waals surface area contributed by atoms with Crippen molar-refractivity contribution in [1.29, 1.82) is 0 Å². The fourth-order valence-electron chi connectivity index (χ4n) is 2.54. The molecule has 2 aliphatic heterocycles. The molecule has 0 saturated carbocycles. The molecule has 2 aliphatic rings. The molecule has 1 aromatic heterocycles. The molecule has 2 saturated heterocycles. The number of amides is 2. The van der Waals surface area contributed by atoms with Gasteiger partial charge in [0, 0.05) is 12.0 Å². The largest absolute Gasteiger partial charge is 0.448 e. The van der Waals surface area contributed by atoms with Crippen LogP contribution in [0.15, 0.2) is 10.9 Å². The molecule has 0 unspecified atom stereocenters. The van der Waals surface area contributed by atoms with Gasteiger partial charge in [0.25, 0.3) is 0 Å². The molecular formula is C14H19N3O5S. The van der Waals surface area contributed by atoms with Crippen LogP contribution in [-0.2, 0) is 25.6 Å². The van der Waals surface area contributed by atoms with Crippen molar-refractivity contribution >= 4 is 23.3 Å². The van der Waals surface area contributed by atoms with E-state index in [0.29, 0.717) is 39.4 Å². The first kappa shape index (κ1) is 16.2. The number of hydrogen-bond acceptors (Lipinski definition) is 7. The van der Waals surface area contributed by atoms with Crippen LogP contribution in [0.4, 0.5) is 4.79 Å². The summed E-state index contributed by atoms with van der Waals surface area (Å²) in [5.74, 6) is -0.210. The highest BCUT2D eigenvalue weighted by Gasteiger charge is 2.30. The van der Waals surface area contributed by atoms with Crippen molar-refractivity contribution in [3.8, 4) is 0 Å². The third-order valence-electron chi connectivity index (χ3n) is 3.76. The van der Waals surface area contributed by atoms with Crippen LogP contribution in [0.1, 0.15) is 12.1 Å². The molecule has 0 aliphatic carbocycles. The predicted octanol–water partition coefficient (Wildman–Crippen LogP) is 0.386. The molecule has 126 valence electrons. The number of carbonyl (C=O) groups is 2. The van der Waals surface area contributed by atoms with Gasteiger partial charge >= 0.3 is 6.09 Å². The summed E-state index contributed by atoms with van der Waals surface area (Å²) >= 11 is 1.51. The summed E-state index contributed by atoms with van der Waals surface area (Å²) in [6, 6.07) is -0.131. The van der Waals surface area contributed by atoms with E-state index < -0.39 is 6.09 Å². The molecule has 0 radical (unpaired) electrons. The lowest BCUT2D eigenvalue weighted by Crippen LogP contribution is -2.52. The van der Waals surface area contributed by atoms with Gasteiger partial charge in [-0.15, -0.1) is 11.3 Å². The van der Waals surface area contributed by atoms with E-state index in [-0.39, 0.29) is 24.6 Å². The van der Waals surface area contributed by atoms with Gasteiger partial charge in [-0.2, -0.15) is 0 Å². The maximum absolute atomic E-state index is 12.1. The second-order valence-corrected chi connectivity index (χ2v) is 6.12. The van der Waals surface area contributed by atoms with Crippen molar-refractivity contribution in [3.05, 3.63) is 16.6 Å². The highest BCUT2D eigenvalue weighted by molar-refractivity contribution is 7.07. The van der Waals surface area contributed by atoms with Gasteiger partial charge in [-0.1, -0.05) is 0 Å². The zero-order valence-electron chi connectivity index (χ0n) is 12.6. The van der Waals surface area contributed by atoms with Crippen molar-refractivity contribution in [3.63, 3.8) is 0 Å². The molecule has 0 aromatic carbocycles. The molecular weight excluding hydrogens is 322 g/mol. The molecule has 23 heavy (non-hydrogen) atoms. The Kier molecular flexibility index (Phi) is 5.42. The molecule has 9 heteroatoms. The van der Waals surface area contributed by atoms with Crippen molar-refractivity contribution in [1.82, 2.24) is 15.2 Å². The normalized spacial score (nSPS) is 24.5. The van der Waals surface area contributed by atoms with Gasteiger partial charge in [-0.05, 0) is 6.42 Å². The topological polar surface area (TPSA) is 90.0 Å². The fourth-order valence-corrected chi connectivity index (χ4v) is 3.08. The summed E-state index contributed by atoms with van der Waals surface area (Å²) in [5.41, 5.74) is 2.62. The second-order valence-electron chi connectivity index (χ2n) is 5.40. The van der Waals surface area contributed by atoms with E-state index in [1.54, 1.807) is 5.51 Å². The van der Waals surface area contributed by atoms with Gasteiger partial charge in [0.1, 0.15) is 19.3 Å². The third kappa shape index (κ3) is 4.40. The number of thiazole rings is 1. The fraction of sp³-hybridized carbons (Fsp3) is 0.643. The predicted molar refractivity (Wildman–Crippen MR) is 81.0 cm³/mol. The molecule has 1 aromatic rings. The molecule has 3 rings (SSSR count). The van der Waals surface area contributed by atoms with Gasteiger partial charge in [0.2, 0.25) is 5.91 Å². The zero-order chi connectivity index (χ0) is 16.1. The molecule has 0 bridgehead atoms. The smallest absolute Gasteiger partial charge is 0.410 e. The highest BCUT2D eigenvalue weighted by atomic mass is 32.1. The Labute approximate surface area is 137 Å². The standard InChI is InChI=1S/C14H19N3O5S/c18-13(5-17-2-4-21-14(17)19)16-11-1-3-20-7-12(11)22-6-10-8-23-9-15-10/h8-9,11-12H,1-7H2,(H,16,18)/t11-,12-/m1/s1. The third-order valence-corrected chi connectivity index (χ3v) is 4.39. The van der Waals surface area contributed by atoms with Crippen LogP contribution in [0.25, 0.3) is 0 Å². The molecule has 1 N–H and O–H groups in total. The zero-order valence-corrected chi connectivity index (χ0v) is 13.4. The van der Waals surface area contributed by atoms with E-state index in [2.05, 4.69) is 10.3 Å². The number of aromatic nitrogens is 1. The summed E-state index contributed by atoms with van der Waals surface area (Å²) in [7, 11) is 0. The van der Waals surface area contributed by atoms with E-state index in [1.807, 2.05) is 5.38 Å². The average molecular weight is 341 g/mol. The molecule has 2 amide bonds. The maximum Gasteiger partial charge on any atom is 0.410 e. The van der Waals surface area contributed by atoms with E-state index >= 15 is 0 Å². The lowest BCUT2D eigenvalue weighted by atomic mass is 10.1. The van der Waals surface area contributed by atoms with E-state index in [9.17, 15) is 9.59 Å². The van der Waals surface area contributed by atoms with Crippen molar-refractivity contribution < 1.29 is 23.8 Å². The lowest BCUT2D eigenvalue weighted by molar-refractivity contribution is -0.127. The summed E-state index contributed by atoms with van der Waals surface area (Å²) in [4.78, 5) is 29.1. The highest BCUT2D eigenvalue weighted by Crippen LogP contribution is 2.14. The van der Waals surface area contributed by atoms with Crippen LogP contribution in [-0.4, -0.2) is 66.9 Å². The summed E-state index contributed by atoms with van der Waals surface area (Å²) in [6.07, 6.45) is 0.0150. The molecule has 8 nitrogen and oxygen atoms in total. The minimum absolute atomic E-state index is 0.00893. The summed E-state index contributed by atoms with van der Waals surface area (Å²) in [6.45, 7) is 2.19. The minimum atomic E-state index is -0.441.